The minimum atomic E-state index is -4.50. The van der Waals surface area contributed by atoms with E-state index in [0.29, 0.717) is 5.56 Å². The largest absolute Gasteiger partial charge is 0.461 e. The Morgan fingerprint density at radius 3 is 2.47 bits per heavy atom. The van der Waals surface area contributed by atoms with Crippen molar-refractivity contribution in [3.8, 4) is 5.75 Å². The molecular weight excluding hydrogens is 214 g/mol. The number of nitrogen functional groups attached to an aromatic ring is 1. The van der Waals surface area contributed by atoms with Gasteiger partial charge >= 0.3 is 12.5 Å². The highest BCUT2D eigenvalue weighted by atomic mass is 19.3. The van der Waals surface area contributed by atoms with Gasteiger partial charge in [0.05, 0.1) is 0 Å². The number of ether oxygens (including phenoxy) is 1. The summed E-state index contributed by atoms with van der Waals surface area (Å²) in [6.07, 6.45) is -8.38. The molecular formula is C9H9F4NO. The fourth-order valence-corrected chi connectivity index (χ4v) is 0.918. The van der Waals surface area contributed by atoms with E-state index in [1.807, 2.05) is 0 Å². The van der Waals surface area contributed by atoms with Crippen molar-refractivity contribution < 1.29 is 22.3 Å². The number of hydrogen-bond acceptors (Lipinski definition) is 2. The first kappa shape index (κ1) is 11.6. The summed E-state index contributed by atoms with van der Waals surface area (Å²) < 4.78 is 52.6. The maximum absolute atomic E-state index is 12.5. The number of halogens is 4. The van der Waals surface area contributed by atoms with Crippen molar-refractivity contribution in [2.24, 2.45) is 0 Å². The Bertz CT molecular complexity index is 354. The van der Waals surface area contributed by atoms with E-state index in [4.69, 9.17) is 5.73 Å². The van der Waals surface area contributed by atoms with E-state index >= 15 is 0 Å². The first-order valence-electron chi connectivity index (χ1n) is 4.04. The van der Waals surface area contributed by atoms with Crippen LogP contribution in [-0.4, -0.2) is 12.5 Å². The summed E-state index contributed by atoms with van der Waals surface area (Å²) in [6.45, 7) is 1.45. The highest BCUT2D eigenvalue weighted by molar-refractivity contribution is 5.48. The Labute approximate surface area is 83.6 Å². The summed E-state index contributed by atoms with van der Waals surface area (Å²) in [5.74, 6) is -0.347. The molecule has 2 nitrogen and oxygen atoms in total. The van der Waals surface area contributed by atoms with Gasteiger partial charge in [0.25, 0.3) is 0 Å². The monoisotopic (exact) mass is 223 g/mol. The molecule has 2 N–H and O–H groups in total. The van der Waals surface area contributed by atoms with Gasteiger partial charge in [0.1, 0.15) is 5.75 Å². The summed E-state index contributed by atoms with van der Waals surface area (Å²) in [5.41, 5.74) is 5.79. The highest BCUT2D eigenvalue weighted by Crippen LogP contribution is 2.30. The Kier molecular flexibility index (Phi) is 3.06. The van der Waals surface area contributed by atoms with Gasteiger partial charge in [0, 0.05) is 11.8 Å². The summed E-state index contributed by atoms with van der Waals surface area (Å²) in [4.78, 5) is 0. The van der Waals surface area contributed by atoms with Crippen molar-refractivity contribution in [2.45, 2.75) is 19.5 Å². The zero-order chi connectivity index (χ0) is 11.6. The molecule has 15 heavy (non-hydrogen) atoms. The minimum absolute atomic E-state index is 0.167. The number of alkyl halides is 4. The van der Waals surface area contributed by atoms with Gasteiger partial charge in [-0.15, -0.1) is 0 Å². The molecule has 0 atom stereocenters. The van der Waals surface area contributed by atoms with E-state index in [1.54, 1.807) is 0 Å². The smallest absolute Gasteiger partial charge is 0.428 e. The molecule has 0 spiro atoms. The number of hydrogen-bond donors (Lipinski definition) is 1. The third-order valence-electron chi connectivity index (χ3n) is 1.71. The van der Waals surface area contributed by atoms with Crippen LogP contribution in [0.5, 0.6) is 5.75 Å². The normalized spacial score (nSPS) is 11.9. The van der Waals surface area contributed by atoms with E-state index in [9.17, 15) is 17.6 Å². The molecule has 0 bridgehead atoms. The molecule has 0 aliphatic carbocycles. The number of benzene rings is 1. The third-order valence-corrected chi connectivity index (χ3v) is 1.71. The van der Waals surface area contributed by atoms with Crippen LogP contribution in [0.3, 0.4) is 0 Å². The predicted molar refractivity (Wildman–Crippen MR) is 47.2 cm³/mol. The lowest BCUT2D eigenvalue weighted by atomic mass is 10.2. The van der Waals surface area contributed by atoms with Gasteiger partial charge in [0.15, 0.2) is 0 Å². The van der Waals surface area contributed by atoms with Crippen LogP contribution >= 0.6 is 0 Å². The molecule has 0 fully saturated rings. The van der Waals surface area contributed by atoms with Gasteiger partial charge in [-0.3, -0.25) is 0 Å². The molecule has 0 radical (unpaired) electrons. The van der Waals surface area contributed by atoms with Gasteiger partial charge in [-0.1, -0.05) is 6.07 Å². The third kappa shape index (κ3) is 2.74. The number of nitrogens with two attached hydrogens (primary N) is 1. The van der Waals surface area contributed by atoms with Crippen molar-refractivity contribution in [2.75, 3.05) is 5.73 Å². The molecule has 0 heterocycles. The average molecular weight is 223 g/mol. The summed E-state index contributed by atoms with van der Waals surface area (Å²) >= 11 is 0. The Morgan fingerprint density at radius 1 is 1.33 bits per heavy atom. The maximum atomic E-state index is 12.5. The standard InChI is InChI=1S/C9H9F4NO/c1-5-2-3-6(14)4-7(5)15-9(12,13)8(10)11/h2-4,8H,14H2,1H3. The first-order valence-corrected chi connectivity index (χ1v) is 4.04. The number of rotatable bonds is 3. The minimum Gasteiger partial charge on any atom is -0.428 e. The second-order valence-electron chi connectivity index (χ2n) is 2.99. The van der Waals surface area contributed by atoms with E-state index in [1.165, 1.54) is 19.1 Å². The van der Waals surface area contributed by atoms with Crippen molar-refractivity contribution in [3.05, 3.63) is 23.8 Å². The van der Waals surface area contributed by atoms with Gasteiger partial charge in [-0.05, 0) is 18.6 Å². The molecule has 0 aromatic heterocycles. The average Bonchev–Trinajstić information content (AvgIpc) is 2.10. The molecule has 0 amide bonds. The van der Waals surface area contributed by atoms with Crippen molar-refractivity contribution in [3.63, 3.8) is 0 Å². The lowest BCUT2D eigenvalue weighted by molar-refractivity contribution is -0.253. The lowest BCUT2D eigenvalue weighted by Crippen LogP contribution is -2.33. The highest BCUT2D eigenvalue weighted by Gasteiger charge is 2.44. The Morgan fingerprint density at radius 2 is 1.93 bits per heavy atom. The van der Waals surface area contributed by atoms with E-state index in [2.05, 4.69) is 4.74 Å². The van der Waals surface area contributed by atoms with Gasteiger partial charge in [-0.25, -0.2) is 0 Å². The molecule has 1 rings (SSSR count). The molecule has 0 aliphatic heterocycles. The van der Waals surface area contributed by atoms with Crippen LogP contribution in [0.15, 0.2) is 18.2 Å². The summed E-state index contributed by atoms with van der Waals surface area (Å²) in [6, 6.07) is 3.94. The summed E-state index contributed by atoms with van der Waals surface area (Å²) in [5, 5.41) is 0. The van der Waals surface area contributed by atoms with Crippen LogP contribution in [0.2, 0.25) is 0 Å². The molecule has 0 unspecified atom stereocenters. The van der Waals surface area contributed by atoms with Crippen LogP contribution < -0.4 is 10.5 Å². The number of anilines is 1. The van der Waals surface area contributed by atoms with Gasteiger partial charge in [-0.2, -0.15) is 17.6 Å². The summed E-state index contributed by atoms with van der Waals surface area (Å²) in [7, 11) is 0. The Hall–Kier alpha value is -1.46. The molecule has 6 heteroatoms. The van der Waals surface area contributed by atoms with Crippen LogP contribution in [0.25, 0.3) is 0 Å². The fraction of sp³-hybridized carbons (Fsp3) is 0.333. The van der Waals surface area contributed by atoms with E-state index in [-0.39, 0.29) is 11.4 Å². The molecule has 0 aliphatic rings. The van der Waals surface area contributed by atoms with Crippen LogP contribution in [-0.2, 0) is 0 Å². The maximum Gasteiger partial charge on any atom is 0.461 e. The van der Waals surface area contributed by atoms with Crippen LogP contribution in [0.1, 0.15) is 5.56 Å². The second kappa shape index (κ2) is 3.96. The van der Waals surface area contributed by atoms with Crippen molar-refractivity contribution in [1.82, 2.24) is 0 Å². The molecule has 1 aromatic carbocycles. The SMILES string of the molecule is Cc1ccc(N)cc1OC(F)(F)C(F)F. The lowest BCUT2D eigenvalue weighted by Gasteiger charge is -2.18. The topological polar surface area (TPSA) is 35.2 Å². The predicted octanol–water partition coefficient (Wildman–Crippen LogP) is 2.81. The molecule has 84 valence electrons. The molecule has 1 aromatic rings. The van der Waals surface area contributed by atoms with Crippen LogP contribution in [0, 0.1) is 6.92 Å². The van der Waals surface area contributed by atoms with Crippen molar-refractivity contribution >= 4 is 5.69 Å². The quantitative estimate of drug-likeness (QED) is 0.631. The molecule has 0 saturated carbocycles. The zero-order valence-electron chi connectivity index (χ0n) is 7.81. The Balaban J connectivity index is 2.94. The van der Waals surface area contributed by atoms with Crippen LogP contribution in [0.4, 0.5) is 23.2 Å². The molecule has 0 saturated heterocycles. The second-order valence-corrected chi connectivity index (χ2v) is 2.99. The van der Waals surface area contributed by atoms with Gasteiger partial charge < -0.3 is 10.5 Å². The fourth-order valence-electron chi connectivity index (χ4n) is 0.918. The zero-order valence-corrected chi connectivity index (χ0v) is 7.81. The first-order chi connectivity index (χ1) is 6.83. The van der Waals surface area contributed by atoms with Gasteiger partial charge in [0.2, 0.25) is 0 Å². The van der Waals surface area contributed by atoms with E-state index in [0.717, 1.165) is 6.07 Å². The van der Waals surface area contributed by atoms with Crippen molar-refractivity contribution in [1.29, 1.82) is 0 Å². The number of aryl methyl sites for hydroxylation is 1. The van der Waals surface area contributed by atoms with E-state index < -0.39 is 12.5 Å².